The minimum Gasteiger partial charge on any atom is -0.497 e. The van der Waals surface area contributed by atoms with Crippen LogP contribution in [0.25, 0.3) is 0 Å². The standard InChI is InChI=1S/C15H15NO4S2/c1-19-11-5-3-10(4-6-11)7-8-16-14(18)12(22-15(16)21)9-13(17)20-2/h3-6,9H,7-8H2,1-2H3. The van der Waals surface area contributed by atoms with E-state index in [0.29, 0.717) is 22.2 Å². The molecular formula is C15H15NO4S2. The molecule has 0 bridgehead atoms. The second-order valence-electron chi connectivity index (χ2n) is 4.45. The summed E-state index contributed by atoms with van der Waals surface area (Å²) in [6.45, 7) is 0.468. The van der Waals surface area contributed by atoms with Crippen molar-refractivity contribution >= 4 is 40.2 Å². The lowest BCUT2D eigenvalue weighted by Gasteiger charge is -2.14. The number of thioether (sulfide) groups is 1. The molecule has 0 saturated carbocycles. The molecule has 0 radical (unpaired) electrons. The number of hydrogen-bond donors (Lipinski definition) is 0. The first-order valence-corrected chi connectivity index (χ1v) is 7.74. The number of carbonyl (C=O) groups excluding carboxylic acids is 2. The lowest BCUT2D eigenvalue weighted by atomic mass is 10.1. The SMILES string of the molecule is COC(=O)C=C1SC(=S)N(CCc2ccc(OC)cc2)C1=O. The molecule has 7 heteroatoms. The zero-order chi connectivity index (χ0) is 16.1. The monoisotopic (exact) mass is 337 g/mol. The zero-order valence-corrected chi connectivity index (χ0v) is 13.8. The van der Waals surface area contributed by atoms with Gasteiger partial charge < -0.3 is 9.47 Å². The van der Waals surface area contributed by atoms with Crippen molar-refractivity contribution < 1.29 is 19.1 Å². The molecule has 1 aliphatic rings. The van der Waals surface area contributed by atoms with Crippen molar-refractivity contribution in [2.24, 2.45) is 0 Å². The van der Waals surface area contributed by atoms with Crippen molar-refractivity contribution in [3.63, 3.8) is 0 Å². The molecule has 116 valence electrons. The Balaban J connectivity index is 2.00. The Morgan fingerprint density at radius 3 is 2.59 bits per heavy atom. The molecule has 0 aromatic heterocycles. The van der Waals surface area contributed by atoms with Gasteiger partial charge in [-0.25, -0.2) is 4.79 Å². The van der Waals surface area contributed by atoms with Gasteiger partial charge in [-0.15, -0.1) is 0 Å². The molecule has 1 aromatic rings. The van der Waals surface area contributed by atoms with Gasteiger partial charge in [0.1, 0.15) is 10.1 Å². The van der Waals surface area contributed by atoms with Crippen LogP contribution in [0.15, 0.2) is 35.2 Å². The smallest absolute Gasteiger partial charge is 0.331 e. The number of rotatable bonds is 5. The van der Waals surface area contributed by atoms with Gasteiger partial charge in [0.05, 0.1) is 19.1 Å². The average Bonchev–Trinajstić information content (AvgIpc) is 2.79. The third-order valence-electron chi connectivity index (χ3n) is 3.11. The van der Waals surface area contributed by atoms with Crippen molar-refractivity contribution in [1.29, 1.82) is 0 Å². The normalized spacial score (nSPS) is 16.3. The maximum atomic E-state index is 12.2. The predicted octanol–water partition coefficient (Wildman–Crippen LogP) is 2.15. The van der Waals surface area contributed by atoms with Crippen LogP contribution in [0, 0.1) is 0 Å². The van der Waals surface area contributed by atoms with E-state index in [1.807, 2.05) is 24.3 Å². The van der Waals surface area contributed by atoms with Crippen LogP contribution in [-0.4, -0.2) is 41.9 Å². The van der Waals surface area contributed by atoms with Crippen molar-refractivity contribution in [3.8, 4) is 5.75 Å². The van der Waals surface area contributed by atoms with Crippen molar-refractivity contribution in [2.75, 3.05) is 20.8 Å². The lowest BCUT2D eigenvalue weighted by Crippen LogP contribution is -2.30. The number of amides is 1. The number of carbonyl (C=O) groups is 2. The summed E-state index contributed by atoms with van der Waals surface area (Å²) in [7, 11) is 2.88. The third-order valence-corrected chi connectivity index (χ3v) is 4.48. The minimum atomic E-state index is -0.560. The highest BCUT2D eigenvalue weighted by Crippen LogP contribution is 2.31. The average molecular weight is 337 g/mol. The van der Waals surface area contributed by atoms with E-state index in [-0.39, 0.29) is 5.91 Å². The van der Waals surface area contributed by atoms with Crippen LogP contribution in [0.1, 0.15) is 5.56 Å². The topological polar surface area (TPSA) is 55.8 Å². The van der Waals surface area contributed by atoms with E-state index in [2.05, 4.69) is 4.74 Å². The zero-order valence-electron chi connectivity index (χ0n) is 12.2. The van der Waals surface area contributed by atoms with Crippen molar-refractivity contribution in [2.45, 2.75) is 6.42 Å². The Labute approximate surface area is 138 Å². The molecule has 1 heterocycles. The Kier molecular flexibility index (Phi) is 5.57. The summed E-state index contributed by atoms with van der Waals surface area (Å²) in [5, 5.41) is 0. The summed E-state index contributed by atoms with van der Waals surface area (Å²) < 4.78 is 10.1. The van der Waals surface area contributed by atoms with Crippen LogP contribution < -0.4 is 4.74 Å². The first kappa shape index (κ1) is 16.5. The molecule has 0 spiro atoms. The van der Waals surface area contributed by atoms with E-state index in [0.717, 1.165) is 23.1 Å². The quantitative estimate of drug-likeness (QED) is 0.466. The number of ether oxygens (including phenoxy) is 2. The summed E-state index contributed by atoms with van der Waals surface area (Å²) in [5.41, 5.74) is 1.08. The van der Waals surface area contributed by atoms with Crippen LogP contribution in [0.4, 0.5) is 0 Å². The molecule has 1 amide bonds. The van der Waals surface area contributed by atoms with Crippen molar-refractivity contribution in [3.05, 3.63) is 40.8 Å². The molecule has 1 fully saturated rings. The molecule has 1 aliphatic heterocycles. The van der Waals surface area contributed by atoms with E-state index < -0.39 is 5.97 Å². The van der Waals surface area contributed by atoms with E-state index in [1.54, 1.807) is 7.11 Å². The Morgan fingerprint density at radius 1 is 1.32 bits per heavy atom. The van der Waals surface area contributed by atoms with Gasteiger partial charge in [-0.2, -0.15) is 0 Å². The van der Waals surface area contributed by atoms with Crippen molar-refractivity contribution in [1.82, 2.24) is 4.90 Å². The van der Waals surface area contributed by atoms with Crippen LogP contribution in [0.5, 0.6) is 5.75 Å². The minimum absolute atomic E-state index is 0.256. The Morgan fingerprint density at radius 2 is 2.00 bits per heavy atom. The van der Waals surface area contributed by atoms with Gasteiger partial charge in [0.25, 0.3) is 5.91 Å². The second-order valence-corrected chi connectivity index (χ2v) is 6.13. The number of thiocarbonyl (C=S) groups is 1. The fourth-order valence-corrected chi connectivity index (χ4v) is 3.16. The molecule has 0 aliphatic carbocycles. The number of nitrogens with zero attached hydrogens (tertiary/aromatic N) is 1. The largest absolute Gasteiger partial charge is 0.497 e. The molecular weight excluding hydrogens is 322 g/mol. The molecule has 0 atom stereocenters. The highest BCUT2D eigenvalue weighted by Gasteiger charge is 2.32. The van der Waals surface area contributed by atoms with Gasteiger partial charge in [0.2, 0.25) is 0 Å². The van der Waals surface area contributed by atoms with E-state index in [9.17, 15) is 9.59 Å². The van der Waals surface area contributed by atoms with Crippen LogP contribution in [-0.2, 0) is 20.7 Å². The maximum Gasteiger partial charge on any atom is 0.331 e. The van der Waals surface area contributed by atoms with E-state index in [1.165, 1.54) is 18.1 Å². The number of methoxy groups -OCH3 is 2. The summed E-state index contributed by atoms with van der Waals surface area (Å²) in [6.07, 6.45) is 1.84. The molecule has 5 nitrogen and oxygen atoms in total. The van der Waals surface area contributed by atoms with Gasteiger partial charge in [0.15, 0.2) is 0 Å². The van der Waals surface area contributed by atoms with Gasteiger partial charge >= 0.3 is 5.97 Å². The Hall–Kier alpha value is -1.86. The molecule has 0 unspecified atom stereocenters. The number of hydrogen-bond acceptors (Lipinski definition) is 6. The summed E-state index contributed by atoms with van der Waals surface area (Å²) in [6, 6.07) is 7.63. The summed E-state index contributed by atoms with van der Waals surface area (Å²) >= 11 is 6.31. The number of benzene rings is 1. The fraction of sp³-hybridized carbons (Fsp3) is 0.267. The molecule has 2 rings (SSSR count). The van der Waals surface area contributed by atoms with Gasteiger partial charge in [-0.1, -0.05) is 36.1 Å². The molecule has 22 heavy (non-hydrogen) atoms. The van der Waals surface area contributed by atoms with Gasteiger partial charge in [-0.3, -0.25) is 9.69 Å². The maximum absolute atomic E-state index is 12.2. The highest BCUT2D eigenvalue weighted by atomic mass is 32.2. The fourth-order valence-electron chi connectivity index (χ4n) is 1.89. The summed E-state index contributed by atoms with van der Waals surface area (Å²) in [4.78, 5) is 25.2. The first-order chi connectivity index (χ1) is 10.5. The molecule has 0 N–H and O–H groups in total. The highest BCUT2D eigenvalue weighted by molar-refractivity contribution is 8.26. The lowest BCUT2D eigenvalue weighted by molar-refractivity contribution is -0.135. The van der Waals surface area contributed by atoms with Crippen LogP contribution in [0.2, 0.25) is 0 Å². The van der Waals surface area contributed by atoms with Gasteiger partial charge in [-0.05, 0) is 24.1 Å². The predicted molar refractivity (Wildman–Crippen MR) is 88.7 cm³/mol. The van der Waals surface area contributed by atoms with Gasteiger partial charge in [0, 0.05) is 12.6 Å². The molecule has 1 saturated heterocycles. The van der Waals surface area contributed by atoms with Crippen LogP contribution >= 0.6 is 24.0 Å². The molecule has 1 aromatic carbocycles. The van der Waals surface area contributed by atoms with E-state index >= 15 is 0 Å². The third kappa shape index (κ3) is 3.86. The van der Waals surface area contributed by atoms with Crippen LogP contribution in [0.3, 0.4) is 0 Å². The Bertz CT molecular complexity index is 625. The number of esters is 1. The van der Waals surface area contributed by atoms with E-state index in [4.69, 9.17) is 17.0 Å². The second kappa shape index (κ2) is 7.42. The first-order valence-electron chi connectivity index (χ1n) is 6.51. The summed E-state index contributed by atoms with van der Waals surface area (Å²) in [5.74, 6) is -0.0278.